The summed E-state index contributed by atoms with van der Waals surface area (Å²) in [7, 11) is 0. The molecular formula is C18H25N3. The van der Waals surface area contributed by atoms with Crippen molar-refractivity contribution in [1.82, 2.24) is 10.2 Å². The predicted octanol–water partition coefficient (Wildman–Crippen LogP) is 2.76. The topological polar surface area (TPSA) is 39.1 Å². The van der Waals surface area contributed by atoms with Gasteiger partial charge in [0.05, 0.1) is 12.0 Å². The molecule has 0 spiro atoms. The number of hydrogen-bond donors (Lipinski definition) is 1. The van der Waals surface area contributed by atoms with Crippen LogP contribution in [0, 0.1) is 17.2 Å². The molecule has 1 atom stereocenters. The van der Waals surface area contributed by atoms with Gasteiger partial charge in [-0.05, 0) is 50.3 Å². The molecule has 1 aromatic carbocycles. The number of nitrogens with one attached hydrogen (secondary N) is 1. The van der Waals surface area contributed by atoms with E-state index in [1.165, 1.54) is 32.2 Å². The first kappa shape index (κ1) is 14.6. The second kappa shape index (κ2) is 7.06. The molecule has 3 rings (SSSR count). The highest BCUT2D eigenvalue weighted by Crippen LogP contribution is 2.31. The summed E-state index contributed by atoms with van der Waals surface area (Å²) >= 11 is 0. The number of hydrogen-bond acceptors (Lipinski definition) is 3. The summed E-state index contributed by atoms with van der Waals surface area (Å²) in [5, 5.41) is 13.0. The molecular weight excluding hydrogens is 258 g/mol. The third-order valence-electron chi connectivity index (χ3n) is 4.79. The van der Waals surface area contributed by atoms with Crippen molar-refractivity contribution in [2.75, 3.05) is 26.2 Å². The number of piperidine rings is 1. The Labute approximate surface area is 128 Å². The Morgan fingerprint density at radius 1 is 1.14 bits per heavy atom. The van der Waals surface area contributed by atoms with Crippen LogP contribution in [0.1, 0.15) is 37.2 Å². The largest absolute Gasteiger partial charge is 0.317 e. The van der Waals surface area contributed by atoms with Gasteiger partial charge in [-0.25, -0.2) is 0 Å². The van der Waals surface area contributed by atoms with Crippen molar-refractivity contribution < 1.29 is 0 Å². The minimum absolute atomic E-state index is 0.00788. The zero-order valence-corrected chi connectivity index (χ0v) is 12.7. The van der Waals surface area contributed by atoms with Crippen molar-refractivity contribution in [3.05, 3.63) is 35.9 Å². The maximum Gasteiger partial charge on any atom is 0.0839 e. The van der Waals surface area contributed by atoms with E-state index >= 15 is 0 Å². The molecule has 1 saturated carbocycles. The molecule has 3 heteroatoms. The molecule has 0 aromatic heterocycles. The molecule has 3 nitrogen and oxygen atoms in total. The van der Waals surface area contributed by atoms with Crippen LogP contribution in [-0.4, -0.2) is 37.1 Å². The van der Waals surface area contributed by atoms with E-state index in [4.69, 9.17) is 0 Å². The smallest absolute Gasteiger partial charge is 0.0839 e. The van der Waals surface area contributed by atoms with Crippen LogP contribution in [0.2, 0.25) is 0 Å². The lowest BCUT2D eigenvalue weighted by atomic mass is 9.95. The van der Waals surface area contributed by atoms with Crippen LogP contribution in [-0.2, 0) is 0 Å². The maximum atomic E-state index is 9.55. The first-order chi connectivity index (χ1) is 10.4. The molecule has 112 valence electrons. The molecule has 0 radical (unpaired) electrons. The van der Waals surface area contributed by atoms with Gasteiger partial charge in [0.25, 0.3) is 0 Å². The Hall–Kier alpha value is -1.37. The van der Waals surface area contributed by atoms with E-state index in [0.717, 1.165) is 37.2 Å². The first-order valence-electron chi connectivity index (χ1n) is 8.26. The number of nitrogens with zero attached hydrogens (tertiary/aromatic N) is 2. The lowest BCUT2D eigenvalue weighted by Gasteiger charge is -2.31. The molecule has 1 heterocycles. The van der Waals surface area contributed by atoms with Gasteiger partial charge in [0.1, 0.15) is 0 Å². The van der Waals surface area contributed by atoms with E-state index in [0.29, 0.717) is 0 Å². The summed E-state index contributed by atoms with van der Waals surface area (Å²) < 4.78 is 0. The van der Waals surface area contributed by atoms with E-state index < -0.39 is 0 Å². The molecule has 1 N–H and O–H groups in total. The van der Waals surface area contributed by atoms with Crippen LogP contribution < -0.4 is 5.32 Å². The average molecular weight is 283 g/mol. The second-order valence-electron chi connectivity index (χ2n) is 6.47. The predicted molar refractivity (Wildman–Crippen MR) is 85.0 cm³/mol. The maximum absolute atomic E-state index is 9.55. The van der Waals surface area contributed by atoms with Crippen molar-refractivity contribution >= 4 is 0 Å². The Morgan fingerprint density at radius 3 is 2.48 bits per heavy atom. The SMILES string of the molecule is N#CC(CN(CC1CCNCC1)C1CC1)c1ccccc1. The Balaban J connectivity index is 1.62. The molecule has 1 aliphatic carbocycles. The van der Waals surface area contributed by atoms with Crippen molar-refractivity contribution in [3.8, 4) is 6.07 Å². The van der Waals surface area contributed by atoms with Gasteiger partial charge >= 0.3 is 0 Å². The van der Waals surface area contributed by atoms with Gasteiger partial charge in [-0.2, -0.15) is 5.26 Å². The minimum Gasteiger partial charge on any atom is -0.317 e. The summed E-state index contributed by atoms with van der Waals surface area (Å²) in [5.74, 6) is 0.815. The number of rotatable bonds is 6. The van der Waals surface area contributed by atoms with Gasteiger partial charge in [-0.15, -0.1) is 0 Å². The highest BCUT2D eigenvalue weighted by atomic mass is 15.2. The third-order valence-corrected chi connectivity index (χ3v) is 4.79. The Bertz CT molecular complexity index is 469. The van der Waals surface area contributed by atoms with E-state index in [1.54, 1.807) is 0 Å². The van der Waals surface area contributed by atoms with Gasteiger partial charge < -0.3 is 5.32 Å². The first-order valence-corrected chi connectivity index (χ1v) is 8.26. The van der Waals surface area contributed by atoms with Crippen LogP contribution >= 0.6 is 0 Å². The van der Waals surface area contributed by atoms with Crippen molar-refractivity contribution in [2.24, 2.45) is 5.92 Å². The van der Waals surface area contributed by atoms with Crippen LogP contribution in [0.4, 0.5) is 0 Å². The quantitative estimate of drug-likeness (QED) is 0.872. The fourth-order valence-corrected chi connectivity index (χ4v) is 3.35. The lowest BCUT2D eigenvalue weighted by Crippen LogP contribution is -2.39. The fourth-order valence-electron chi connectivity index (χ4n) is 3.35. The number of benzene rings is 1. The molecule has 2 aliphatic rings. The van der Waals surface area contributed by atoms with Gasteiger partial charge in [0.2, 0.25) is 0 Å². The summed E-state index contributed by atoms with van der Waals surface area (Å²) in [6, 6.07) is 13.5. The number of nitriles is 1. The zero-order chi connectivity index (χ0) is 14.5. The van der Waals surface area contributed by atoms with Crippen LogP contribution in [0.25, 0.3) is 0 Å². The molecule has 0 amide bonds. The highest BCUT2D eigenvalue weighted by Gasteiger charge is 2.32. The average Bonchev–Trinajstić information content (AvgIpc) is 3.38. The normalized spacial score (nSPS) is 21.1. The lowest BCUT2D eigenvalue weighted by molar-refractivity contribution is 0.194. The van der Waals surface area contributed by atoms with Crippen molar-refractivity contribution in [1.29, 1.82) is 5.26 Å². The van der Waals surface area contributed by atoms with Gasteiger partial charge in [0, 0.05) is 19.1 Å². The summed E-state index contributed by atoms with van der Waals surface area (Å²) in [5.41, 5.74) is 1.16. The molecule has 1 saturated heterocycles. The molecule has 1 aliphatic heterocycles. The standard InChI is InChI=1S/C18H25N3/c19-12-17(16-4-2-1-3-5-16)14-21(18-6-7-18)13-15-8-10-20-11-9-15/h1-5,15,17-18,20H,6-11,13-14H2. The van der Waals surface area contributed by atoms with Crippen LogP contribution in [0.5, 0.6) is 0 Å². The van der Waals surface area contributed by atoms with Crippen molar-refractivity contribution in [3.63, 3.8) is 0 Å². The zero-order valence-electron chi connectivity index (χ0n) is 12.7. The highest BCUT2D eigenvalue weighted by molar-refractivity contribution is 5.25. The van der Waals surface area contributed by atoms with Crippen LogP contribution in [0.15, 0.2) is 30.3 Å². The second-order valence-corrected chi connectivity index (χ2v) is 6.47. The molecule has 1 aromatic rings. The van der Waals surface area contributed by atoms with Gasteiger partial charge in [0.15, 0.2) is 0 Å². The molecule has 21 heavy (non-hydrogen) atoms. The van der Waals surface area contributed by atoms with E-state index in [9.17, 15) is 5.26 Å². The molecule has 1 unspecified atom stereocenters. The van der Waals surface area contributed by atoms with Gasteiger partial charge in [-0.3, -0.25) is 4.90 Å². The van der Waals surface area contributed by atoms with Crippen LogP contribution in [0.3, 0.4) is 0 Å². The monoisotopic (exact) mass is 283 g/mol. The minimum atomic E-state index is 0.00788. The third kappa shape index (κ3) is 4.06. The van der Waals surface area contributed by atoms with E-state index in [2.05, 4.69) is 28.4 Å². The van der Waals surface area contributed by atoms with E-state index in [1.807, 2.05) is 18.2 Å². The van der Waals surface area contributed by atoms with E-state index in [-0.39, 0.29) is 5.92 Å². The Kier molecular flexibility index (Phi) is 4.90. The Morgan fingerprint density at radius 2 is 1.86 bits per heavy atom. The fraction of sp³-hybridized carbons (Fsp3) is 0.611. The van der Waals surface area contributed by atoms with Crippen molar-refractivity contribution in [2.45, 2.75) is 37.6 Å². The summed E-state index contributed by atoms with van der Waals surface area (Å²) in [6.45, 7) is 4.39. The molecule has 2 fully saturated rings. The summed E-state index contributed by atoms with van der Waals surface area (Å²) in [6.07, 6.45) is 5.20. The summed E-state index contributed by atoms with van der Waals surface area (Å²) in [4.78, 5) is 2.59. The van der Waals surface area contributed by atoms with Gasteiger partial charge in [-0.1, -0.05) is 30.3 Å². The molecule has 0 bridgehead atoms.